The van der Waals surface area contributed by atoms with Gasteiger partial charge in [-0.05, 0) is 17.7 Å². The summed E-state index contributed by atoms with van der Waals surface area (Å²) < 4.78 is 0. The third-order valence-corrected chi connectivity index (χ3v) is 3.13. The number of rotatable bonds is 2. The van der Waals surface area contributed by atoms with Crippen LogP contribution in [0.2, 0.25) is 0 Å². The van der Waals surface area contributed by atoms with Gasteiger partial charge in [0.25, 0.3) is 0 Å². The van der Waals surface area contributed by atoms with Gasteiger partial charge in [0.15, 0.2) is 0 Å². The van der Waals surface area contributed by atoms with Gasteiger partial charge in [0.1, 0.15) is 5.78 Å². The lowest BCUT2D eigenvalue weighted by molar-refractivity contribution is -0.126. The highest BCUT2D eigenvalue weighted by atomic mass is 16.1. The maximum atomic E-state index is 11.1. The summed E-state index contributed by atoms with van der Waals surface area (Å²) in [6.45, 7) is 0. The predicted octanol–water partition coefficient (Wildman–Crippen LogP) is 1.88. The number of Topliss-reactive ketones (excluding diaryl/α,β-unsaturated/α-hetero) is 1. The van der Waals surface area contributed by atoms with Gasteiger partial charge in [-0.3, -0.25) is 4.79 Å². The zero-order valence-electron chi connectivity index (χ0n) is 9.53. The highest BCUT2D eigenvalue weighted by Crippen LogP contribution is 2.41. The van der Waals surface area contributed by atoms with Crippen molar-refractivity contribution in [2.75, 3.05) is 19.0 Å². The molecule has 0 amide bonds. The molecule has 0 heterocycles. The quantitative estimate of drug-likeness (QED) is 0.755. The molecule has 16 heavy (non-hydrogen) atoms. The Morgan fingerprint density at radius 1 is 1.38 bits per heavy atom. The molecule has 3 nitrogen and oxygen atoms in total. The molecule has 82 valence electrons. The first-order chi connectivity index (χ1) is 7.57. The van der Waals surface area contributed by atoms with Crippen molar-refractivity contribution in [3.8, 4) is 6.07 Å². The summed E-state index contributed by atoms with van der Waals surface area (Å²) in [5, 5.41) is 9.22. The zero-order valence-corrected chi connectivity index (χ0v) is 9.53. The number of nitriles is 1. The second-order valence-electron chi connectivity index (χ2n) is 4.53. The number of ketones is 1. The minimum atomic E-state index is -0.566. The maximum Gasteiger partial charge on any atom is 0.136 e. The Bertz CT molecular complexity index is 463. The van der Waals surface area contributed by atoms with Crippen molar-refractivity contribution < 1.29 is 4.79 Å². The number of hydrogen-bond acceptors (Lipinski definition) is 3. The Balaban J connectivity index is 2.37. The van der Waals surface area contributed by atoms with Gasteiger partial charge in [0, 0.05) is 32.6 Å². The lowest BCUT2D eigenvalue weighted by Gasteiger charge is -2.34. The highest BCUT2D eigenvalue weighted by molar-refractivity contribution is 5.90. The van der Waals surface area contributed by atoms with Crippen LogP contribution in [-0.4, -0.2) is 19.9 Å². The zero-order chi connectivity index (χ0) is 11.8. The van der Waals surface area contributed by atoms with E-state index in [2.05, 4.69) is 6.07 Å². The molecule has 0 unspecified atom stereocenters. The lowest BCUT2D eigenvalue weighted by Crippen LogP contribution is -2.40. The van der Waals surface area contributed by atoms with Crippen molar-refractivity contribution in [3.05, 3.63) is 29.8 Å². The van der Waals surface area contributed by atoms with Crippen molar-refractivity contribution in [1.82, 2.24) is 0 Å². The third kappa shape index (κ3) is 1.57. The highest BCUT2D eigenvalue weighted by Gasteiger charge is 2.45. The van der Waals surface area contributed by atoms with E-state index in [-0.39, 0.29) is 5.78 Å². The van der Waals surface area contributed by atoms with Crippen LogP contribution in [0.25, 0.3) is 0 Å². The monoisotopic (exact) mass is 214 g/mol. The summed E-state index contributed by atoms with van der Waals surface area (Å²) in [5.41, 5.74) is 1.45. The van der Waals surface area contributed by atoms with E-state index >= 15 is 0 Å². The Labute approximate surface area is 95.3 Å². The third-order valence-electron chi connectivity index (χ3n) is 3.13. The molecule has 0 aromatic heterocycles. The van der Waals surface area contributed by atoms with E-state index in [1.54, 1.807) is 0 Å². The summed E-state index contributed by atoms with van der Waals surface area (Å²) >= 11 is 0. The molecule has 0 spiro atoms. The number of carbonyl (C=O) groups is 1. The summed E-state index contributed by atoms with van der Waals surface area (Å²) in [6.07, 6.45) is 0.723. The van der Waals surface area contributed by atoms with Crippen LogP contribution in [0.4, 0.5) is 5.69 Å². The van der Waals surface area contributed by atoms with E-state index in [9.17, 15) is 10.1 Å². The molecule has 1 aromatic carbocycles. The van der Waals surface area contributed by atoms with Gasteiger partial charge >= 0.3 is 0 Å². The Kier molecular flexibility index (Phi) is 2.43. The molecule has 3 heteroatoms. The SMILES string of the molecule is CN(C)c1cccc(C2(C#N)CC(=O)C2)c1. The molecule has 0 aliphatic heterocycles. The van der Waals surface area contributed by atoms with E-state index in [4.69, 9.17) is 0 Å². The van der Waals surface area contributed by atoms with Gasteiger partial charge in [0.05, 0.1) is 11.5 Å². The molecular formula is C13H14N2O. The molecule has 0 bridgehead atoms. The summed E-state index contributed by atoms with van der Waals surface area (Å²) in [4.78, 5) is 13.1. The largest absolute Gasteiger partial charge is 0.378 e. The maximum absolute atomic E-state index is 11.1. The molecule has 0 saturated heterocycles. The van der Waals surface area contributed by atoms with E-state index in [1.807, 2.05) is 43.3 Å². The average Bonchev–Trinajstić information content (AvgIpc) is 2.24. The van der Waals surface area contributed by atoms with Crippen molar-refractivity contribution in [2.45, 2.75) is 18.3 Å². The average molecular weight is 214 g/mol. The number of hydrogen-bond donors (Lipinski definition) is 0. The van der Waals surface area contributed by atoms with E-state index < -0.39 is 5.41 Å². The fraction of sp³-hybridized carbons (Fsp3) is 0.385. The van der Waals surface area contributed by atoms with Crippen LogP contribution in [-0.2, 0) is 10.2 Å². The topological polar surface area (TPSA) is 44.1 Å². The molecule has 1 aliphatic rings. The Morgan fingerprint density at radius 2 is 2.06 bits per heavy atom. The van der Waals surface area contributed by atoms with Gasteiger partial charge in [-0.2, -0.15) is 5.26 Å². The predicted molar refractivity (Wildman–Crippen MR) is 62.3 cm³/mol. The molecule has 1 aliphatic carbocycles. The molecule has 0 radical (unpaired) electrons. The minimum absolute atomic E-state index is 0.178. The fourth-order valence-electron chi connectivity index (χ4n) is 2.05. The standard InChI is InChI=1S/C13H14N2O/c1-15(2)11-5-3-4-10(6-11)13(9-14)7-12(16)8-13/h3-6H,7-8H2,1-2H3. The summed E-state index contributed by atoms with van der Waals surface area (Å²) in [6, 6.07) is 10.1. The van der Waals surface area contributed by atoms with Crippen molar-refractivity contribution in [3.63, 3.8) is 0 Å². The smallest absolute Gasteiger partial charge is 0.136 e. The Hall–Kier alpha value is -1.82. The molecule has 2 rings (SSSR count). The second-order valence-corrected chi connectivity index (χ2v) is 4.53. The molecule has 1 aromatic rings. The van der Waals surface area contributed by atoms with Gasteiger partial charge in [-0.1, -0.05) is 12.1 Å². The van der Waals surface area contributed by atoms with Crippen molar-refractivity contribution in [1.29, 1.82) is 5.26 Å². The minimum Gasteiger partial charge on any atom is -0.378 e. The summed E-state index contributed by atoms with van der Waals surface area (Å²) in [7, 11) is 3.92. The molecular weight excluding hydrogens is 200 g/mol. The van der Waals surface area contributed by atoms with Gasteiger partial charge in [-0.25, -0.2) is 0 Å². The van der Waals surface area contributed by atoms with Crippen molar-refractivity contribution in [2.24, 2.45) is 0 Å². The van der Waals surface area contributed by atoms with Crippen LogP contribution in [0, 0.1) is 11.3 Å². The van der Waals surface area contributed by atoms with Crippen LogP contribution < -0.4 is 4.90 Å². The van der Waals surface area contributed by atoms with Crippen LogP contribution in [0.5, 0.6) is 0 Å². The molecule has 1 saturated carbocycles. The van der Waals surface area contributed by atoms with E-state index in [1.165, 1.54) is 0 Å². The number of carbonyl (C=O) groups excluding carboxylic acids is 1. The normalized spacial score (nSPS) is 17.4. The van der Waals surface area contributed by atoms with Crippen LogP contribution >= 0.6 is 0 Å². The van der Waals surface area contributed by atoms with Crippen LogP contribution in [0.15, 0.2) is 24.3 Å². The first kappa shape index (κ1) is 10.7. The lowest BCUT2D eigenvalue weighted by atomic mass is 9.64. The summed E-state index contributed by atoms with van der Waals surface area (Å²) in [5.74, 6) is 0.178. The molecule has 0 atom stereocenters. The number of benzene rings is 1. The van der Waals surface area contributed by atoms with Gasteiger partial charge < -0.3 is 4.90 Å². The number of nitrogens with zero attached hydrogens (tertiary/aromatic N) is 2. The van der Waals surface area contributed by atoms with Crippen LogP contribution in [0.3, 0.4) is 0 Å². The van der Waals surface area contributed by atoms with Crippen molar-refractivity contribution >= 4 is 11.5 Å². The molecule has 0 N–H and O–H groups in total. The van der Waals surface area contributed by atoms with E-state index in [0.29, 0.717) is 12.8 Å². The fourth-order valence-corrected chi connectivity index (χ4v) is 2.05. The first-order valence-corrected chi connectivity index (χ1v) is 5.28. The van der Waals surface area contributed by atoms with E-state index in [0.717, 1.165) is 11.3 Å². The van der Waals surface area contributed by atoms with Gasteiger partial charge in [0.2, 0.25) is 0 Å². The second kappa shape index (κ2) is 3.64. The van der Waals surface area contributed by atoms with Crippen LogP contribution in [0.1, 0.15) is 18.4 Å². The number of anilines is 1. The first-order valence-electron chi connectivity index (χ1n) is 5.28. The molecule has 1 fully saturated rings. The van der Waals surface area contributed by atoms with Gasteiger partial charge in [-0.15, -0.1) is 0 Å². The Morgan fingerprint density at radius 3 is 2.56 bits per heavy atom.